The van der Waals surface area contributed by atoms with E-state index in [1.165, 1.54) is 34.1 Å². The Bertz CT molecular complexity index is 538. The second kappa shape index (κ2) is 5.27. The summed E-state index contributed by atoms with van der Waals surface area (Å²) in [5.41, 5.74) is -0.670. The average Bonchev–Trinajstić information content (AvgIpc) is 2.85. The molecule has 2 heterocycles. The van der Waals surface area contributed by atoms with Gasteiger partial charge in [0.1, 0.15) is 0 Å². The maximum Gasteiger partial charge on any atom is 0.254 e. The molecule has 2 aliphatic heterocycles. The first-order valence-electron chi connectivity index (χ1n) is 6.82. The Morgan fingerprint density at radius 2 is 1.33 bits per heavy atom. The quantitative estimate of drug-likeness (QED) is 0.696. The molecule has 6 nitrogen and oxygen atoms in total. The van der Waals surface area contributed by atoms with Gasteiger partial charge >= 0.3 is 0 Å². The summed E-state index contributed by atoms with van der Waals surface area (Å²) in [6, 6.07) is 0. The van der Waals surface area contributed by atoms with E-state index in [-0.39, 0.29) is 36.1 Å². The van der Waals surface area contributed by atoms with Gasteiger partial charge in [0.2, 0.25) is 0 Å². The van der Waals surface area contributed by atoms with Gasteiger partial charge in [-0.15, -0.1) is 0 Å². The Balaban J connectivity index is 2.00. The van der Waals surface area contributed by atoms with Crippen molar-refractivity contribution in [2.45, 2.75) is 32.7 Å². The summed E-state index contributed by atoms with van der Waals surface area (Å²) >= 11 is 0. The largest absolute Gasteiger partial charge is 0.275 e. The highest BCUT2D eigenvalue weighted by atomic mass is 16.2. The topological polar surface area (TPSA) is 74.8 Å². The van der Waals surface area contributed by atoms with E-state index in [9.17, 15) is 19.2 Å². The molecule has 0 aromatic rings. The van der Waals surface area contributed by atoms with Crippen molar-refractivity contribution in [3.05, 3.63) is 24.3 Å². The predicted molar refractivity (Wildman–Crippen MR) is 74.7 cm³/mol. The summed E-state index contributed by atoms with van der Waals surface area (Å²) in [4.78, 5) is 49.0. The number of hydrogen-bond acceptors (Lipinski definition) is 4. The minimum absolute atomic E-state index is 0.0333. The standard InChI is InChI=1S/C15H18N2O4/c1-10(9-16-11(18)4-5-12(16)19)8-15(2,3)17-13(20)6-7-14(17)21/h4-7,10H,8-9H2,1-3H3. The van der Waals surface area contributed by atoms with E-state index in [4.69, 9.17) is 0 Å². The highest BCUT2D eigenvalue weighted by Gasteiger charge is 2.38. The van der Waals surface area contributed by atoms with E-state index in [0.29, 0.717) is 6.42 Å². The van der Waals surface area contributed by atoms with Crippen LogP contribution >= 0.6 is 0 Å². The molecule has 0 saturated heterocycles. The summed E-state index contributed by atoms with van der Waals surface area (Å²) in [7, 11) is 0. The maximum atomic E-state index is 11.8. The Labute approximate surface area is 123 Å². The predicted octanol–water partition coefficient (Wildman–Crippen LogP) is 0.641. The zero-order chi connectivity index (χ0) is 15.8. The van der Waals surface area contributed by atoms with Crippen LogP contribution in [-0.2, 0) is 19.2 Å². The molecule has 0 aliphatic carbocycles. The first kappa shape index (κ1) is 15.2. The molecule has 0 bridgehead atoms. The Hall–Kier alpha value is -2.24. The smallest absolute Gasteiger partial charge is 0.254 e. The summed E-state index contributed by atoms with van der Waals surface area (Å²) in [5, 5.41) is 0. The monoisotopic (exact) mass is 290 g/mol. The van der Waals surface area contributed by atoms with Gasteiger partial charge in [0, 0.05) is 36.4 Å². The van der Waals surface area contributed by atoms with Gasteiger partial charge in [-0.1, -0.05) is 6.92 Å². The molecule has 0 aromatic carbocycles. The van der Waals surface area contributed by atoms with Crippen molar-refractivity contribution in [3.63, 3.8) is 0 Å². The Morgan fingerprint density at radius 1 is 0.905 bits per heavy atom. The average molecular weight is 290 g/mol. The molecule has 4 amide bonds. The number of imide groups is 2. The van der Waals surface area contributed by atoms with Crippen LogP contribution in [0.5, 0.6) is 0 Å². The van der Waals surface area contributed by atoms with E-state index in [1.54, 1.807) is 13.8 Å². The molecule has 1 unspecified atom stereocenters. The first-order valence-corrected chi connectivity index (χ1v) is 6.82. The zero-order valence-electron chi connectivity index (χ0n) is 12.3. The fraction of sp³-hybridized carbons (Fsp3) is 0.467. The van der Waals surface area contributed by atoms with Crippen LogP contribution in [0.1, 0.15) is 27.2 Å². The van der Waals surface area contributed by atoms with E-state index in [0.717, 1.165) is 0 Å². The number of carbonyl (C=O) groups is 4. The molecule has 0 fully saturated rings. The third kappa shape index (κ3) is 2.94. The van der Waals surface area contributed by atoms with Crippen LogP contribution in [0.15, 0.2) is 24.3 Å². The van der Waals surface area contributed by atoms with E-state index >= 15 is 0 Å². The summed E-state index contributed by atoms with van der Waals surface area (Å²) < 4.78 is 0. The Kier molecular flexibility index (Phi) is 3.80. The van der Waals surface area contributed by atoms with E-state index < -0.39 is 5.54 Å². The van der Waals surface area contributed by atoms with Crippen LogP contribution in [0, 0.1) is 5.92 Å². The van der Waals surface area contributed by atoms with E-state index in [1.807, 2.05) is 6.92 Å². The molecule has 2 aliphatic rings. The molecular formula is C15H18N2O4. The van der Waals surface area contributed by atoms with Crippen LogP contribution < -0.4 is 0 Å². The molecule has 2 rings (SSSR count). The van der Waals surface area contributed by atoms with Crippen LogP contribution in [0.4, 0.5) is 0 Å². The lowest BCUT2D eigenvalue weighted by Crippen LogP contribution is -2.49. The number of amides is 4. The normalized spacial score (nSPS) is 20.1. The van der Waals surface area contributed by atoms with Crippen molar-refractivity contribution in [3.8, 4) is 0 Å². The number of hydrogen-bond donors (Lipinski definition) is 0. The second-order valence-electron chi connectivity index (χ2n) is 6.09. The lowest BCUT2D eigenvalue weighted by molar-refractivity contribution is -0.145. The molecule has 0 N–H and O–H groups in total. The minimum Gasteiger partial charge on any atom is -0.275 e. The van der Waals surface area contributed by atoms with Gasteiger partial charge in [-0.2, -0.15) is 0 Å². The van der Waals surface area contributed by atoms with Gasteiger partial charge < -0.3 is 0 Å². The molecule has 0 radical (unpaired) electrons. The zero-order valence-corrected chi connectivity index (χ0v) is 12.3. The highest BCUT2D eigenvalue weighted by molar-refractivity contribution is 6.13. The van der Waals surface area contributed by atoms with Crippen molar-refractivity contribution in [1.82, 2.24) is 9.80 Å². The number of rotatable bonds is 5. The van der Waals surface area contributed by atoms with Gasteiger partial charge in [-0.25, -0.2) is 0 Å². The molecule has 0 spiro atoms. The van der Waals surface area contributed by atoms with Crippen molar-refractivity contribution in [1.29, 1.82) is 0 Å². The molecule has 0 aromatic heterocycles. The lowest BCUT2D eigenvalue weighted by atomic mass is 9.89. The maximum absolute atomic E-state index is 11.8. The van der Waals surface area contributed by atoms with Crippen LogP contribution in [0.2, 0.25) is 0 Å². The van der Waals surface area contributed by atoms with Gasteiger partial charge in [-0.05, 0) is 26.2 Å². The third-order valence-electron chi connectivity index (χ3n) is 3.66. The summed E-state index contributed by atoms with van der Waals surface area (Å²) in [6.07, 6.45) is 5.51. The highest BCUT2D eigenvalue weighted by Crippen LogP contribution is 2.27. The SMILES string of the molecule is CC(CN1C(=O)C=CC1=O)CC(C)(C)N1C(=O)C=CC1=O. The second-order valence-corrected chi connectivity index (χ2v) is 6.09. The van der Waals surface area contributed by atoms with Crippen molar-refractivity contribution in [2.75, 3.05) is 6.54 Å². The summed E-state index contributed by atoms with van der Waals surface area (Å²) in [6.45, 7) is 5.77. The third-order valence-corrected chi connectivity index (χ3v) is 3.66. The molecular weight excluding hydrogens is 272 g/mol. The molecule has 6 heteroatoms. The van der Waals surface area contributed by atoms with Gasteiger partial charge in [0.15, 0.2) is 0 Å². The fourth-order valence-corrected chi connectivity index (χ4v) is 2.93. The summed E-state index contributed by atoms with van der Waals surface area (Å²) in [5.74, 6) is -1.33. The Morgan fingerprint density at radius 3 is 1.81 bits per heavy atom. The molecule has 0 saturated carbocycles. The van der Waals surface area contributed by atoms with Crippen molar-refractivity contribution >= 4 is 23.6 Å². The van der Waals surface area contributed by atoms with Crippen LogP contribution in [-0.4, -0.2) is 45.5 Å². The van der Waals surface area contributed by atoms with Crippen molar-refractivity contribution in [2.24, 2.45) is 5.92 Å². The van der Waals surface area contributed by atoms with Gasteiger partial charge in [-0.3, -0.25) is 29.0 Å². The van der Waals surface area contributed by atoms with Crippen LogP contribution in [0.3, 0.4) is 0 Å². The van der Waals surface area contributed by atoms with Crippen LogP contribution in [0.25, 0.3) is 0 Å². The molecule has 21 heavy (non-hydrogen) atoms. The molecule has 112 valence electrons. The first-order chi connectivity index (χ1) is 9.72. The molecule has 1 atom stereocenters. The van der Waals surface area contributed by atoms with Gasteiger partial charge in [0.25, 0.3) is 23.6 Å². The minimum atomic E-state index is -0.670. The number of carbonyl (C=O) groups excluding carboxylic acids is 4. The van der Waals surface area contributed by atoms with Gasteiger partial charge in [0.05, 0.1) is 0 Å². The van der Waals surface area contributed by atoms with Crippen molar-refractivity contribution < 1.29 is 19.2 Å². The lowest BCUT2D eigenvalue weighted by Gasteiger charge is -2.36. The van der Waals surface area contributed by atoms with E-state index in [2.05, 4.69) is 0 Å². The fourth-order valence-electron chi connectivity index (χ4n) is 2.93. The number of nitrogens with zero attached hydrogens (tertiary/aromatic N) is 2.